The number of carbonyl (C=O) groups is 1. The van der Waals surface area contributed by atoms with Gasteiger partial charge in [0.1, 0.15) is 0 Å². The van der Waals surface area contributed by atoms with Gasteiger partial charge in [-0.1, -0.05) is 0 Å². The second-order valence-electron chi connectivity index (χ2n) is 3.78. The van der Waals surface area contributed by atoms with Crippen LogP contribution in [0.1, 0.15) is 16.1 Å². The largest absolute Gasteiger partial charge is 0.395 e. The fourth-order valence-electron chi connectivity index (χ4n) is 1.70. The summed E-state index contributed by atoms with van der Waals surface area (Å²) < 4.78 is 1.68. The third kappa shape index (κ3) is 2.12. The molecule has 0 aliphatic rings. The standard InChI is InChI=1S/C11H14N4O2/c1-7-9-5-8(11(17)12-3-4-16)6-13-10(9)15(2)14-7/h5-6,16H,3-4H2,1-2H3,(H,12,17). The molecule has 6 nitrogen and oxygen atoms in total. The number of aliphatic hydroxyl groups is 1. The van der Waals surface area contributed by atoms with Gasteiger partial charge >= 0.3 is 0 Å². The number of hydrogen-bond donors (Lipinski definition) is 2. The molecule has 0 radical (unpaired) electrons. The lowest BCUT2D eigenvalue weighted by Crippen LogP contribution is -2.26. The van der Waals surface area contributed by atoms with E-state index in [4.69, 9.17) is 5.11 Å². The molecule has 0 unspecified atom stereocenters. The van der Waals surface area contributed by atoms with Gasteiger partial charge in [0, 0.05) is 25.2 Å². The first-order valence-corrected chi connectivity index (χ1v) is 5.32. The minimum atomic E-state index is -0.239. The van der Waals surface area contributed by atoms with Crippen LogP contribution in [0, 0.1) is 6.92 Å². The van der Waals surface area contributed by atoms with Gasteiger partial charge in [-0.3, -0.25) is 9.48 Å². The van der Waals surface area contributed by atoms with Gasteiger partial charge in [-0.25, -0.2) is 4.98 Å². The van der Waals surface area contributed by atoms with Crippen molar-refractivity contribution in [1.82, 2.24) is 20.1 Å². The number of rotatable bonds is 3. The van der Waals surface area contributed by atoms with Crippen LogP contribution in [0.2, 0.25) is 0 Å². The van der Waals surface area contributed by atoms with Gasteiger partial charge in [-0.2, -0.15) is 5.10 Å². The molecule has 0 spiro atoms. The van der Waals surface area contributed by atoms with Crippen LogP contribution in [0.4, 0.5) is 0 Å². The number of pyridine rings is 1. The van der Waals surface area contributed by atoms with E-state index in [0.717, 1.165) is 16.7 Å². The third-order valence-electron chi connectivity index (χ3n) is 2.52. The Kier molecular flexibility index (Phi) is 3.06. The first-order chi connectivity index (χ1) is 8.13. The predicted octanol–water partition coefficient (Wildman–Crippen LogP) is -0.00118. The molecule has 0 aliphatic heterocycles. The van der Waals surface area contributed by atoms with Crippen LogP contribution in [0.3, 0.4) is 0 Å². The van der Waals surface area contributed by atoms with Gasteiger partial charge in [0.15, 0.2) is 5.65 Å². The van der Waals surface area contributed by atoms with E-state index in [1.807, 2.05) is 14.0 Å². The molecule has 2 rings (SSSR count). The molecular weight excluding hydrogens is 220 g/mol. The molecule has 90 valence electrons. The smallest absolute Gasteiger partial charge is 0.252 e. The van der Waals surface area contributed by atoms with Crippen molar-refractivity contribution in [2.45, 2.75) is 6.92 Å². The van der Waals surface area contributed by atoms with Crippen molar-refractivity contribution in [2.24, 2.45) is 7.05 Å². The molecule has 0 aliphatic carbocycles. The summed E-state index contributed by atoms with van der Waals surface area (Å²) in [5.74, 6) is -0.239. The fraction of sp³-hybridized carbons (Fsp3) is 0.364. The van der Waals surface area contributed by atoms with Gasteiger partial charge in [0.2, 0.25) is 0 Å². The number of amides is 1. The number of fused-ring (bicyclic) bond motifs is 1. The highest BCUT2D eigenvalue weighted by Crippen LogP contribution is 2.16. The Labute approximate surface area is 98.3 Å². The summed E-state index contributed by atoms with van der Waals surface area (Å²) >= 11 is 0. The monoisotopic (exact) mass is 234 g/mol. The van der Waals surface area contributed by atoms with Crippen LogP contribution in [0.25, 0.3) is 11.0 Å². The van der Waals surface area contributed by atoms with Crippen LogP contribution in [0.5, 0.6) is 0 Å². The van der Waals surface area contributed by atoms with Crippen molar-refractivity contribution >= 4 is 16.9 Å². The average molecular weight is 234 g/mol. The lowest BCUT2D eigenvalue weighted by Gasteiger charge is -2.02. The van der Waals surface area contributed by atoms with Gasteiger partial charge in [0.05, 0.1) is 17.9 Å². The molecule has 0 saturated heterocycles. The Morgan fingerprint density at radius 3 is 3.06 bits per heavy atom. The highest BCUT2D eigenvalue weighted by Gasteiger charge is 2.10. The van der Waals surface area contributed by atoms with Crippen molar-refractivity contribution in [1.29, 1.82) is 0 Å². The number of aromatic nitrogens is 3. The maximum absolute atomic E-state index is 11.7. The van der Waals surface area contributed by atoms with E-state index in [1.165, 1.54) is 6.20 Å². The molecule has 2 heterocycles. The Bertz CT molecular complexity index is 562. The van der Waals surface area contributed by atoms with Gasteiger partial charge in [0.25, 0.3) is 5.91 Å². The molecule has 1 amide bonds. The Balaban J connectivity index is 2.37. The zero-order valence-corrected chi connectivity index (χ0v) is 9.77. The number of nitrogens with zero attached hydrogens (tertiary/aromatic N) is 3. The molecule has 17 heavy (non-hydrogen) atoms. The molecule has 2 N–H and O–H groups in total. The van der Waals surface area contributed by atoms with E-state index < -0.39 is 0 Å². The quantitative estimate of drug-likeness (QED) is 0.783. The molecule has 0 fully saturated rings. The molecule has 0 saturated carbocycles. The molecule has 2 aromatic rings. The summed E-state index contributed by atoms with van der Waals surface area (Å²) in [4.78, 5) is 15.9. The van der Waals surface area contributed by atoms with Gasteiger partial charge < -0.3 is 10.4 Å². The number of hydrogen-bond acceptors (Lipinski definition) is 4. The second-order valence-corrected chi connectivity index (χ2v) is 3.78. The van der Waals surface area contributed by atoms with E-state index in [-0.39, 0.29) is 19.1 Å². The van der Waals surface area contributed by atoms with Crippen molar-refractivity contribution < 1.29 is 9.90 Å². The molecule has 6 heteroatoms. The summed E-state index contributed by atoms with van der Waals surface area (Å²) in [7, 11) is 1.81. The highest BCUT2D eigenvalue weighted by atomic mass is 16.3. The van der Waals surface area contributed by atoms with Crippen LogP contribution in [-0.4, -0.2) is 38.9 Å². The minimum Gasteiger partial charge on any atom is -0.395 e. The first-order valence-electron chi connectivity index (χ1n) is 5.32. The predicted molar refractivity (Wildman–Crippen MR) is 62.7 cm³/mol. The molecule has 0 atom stereocenters. The van der Waals surface area contributed by atoms with Crippen molar-refractivity contribution in [3.05, 3.63) is 23.5 Å². The van der Waals surface area contributed by atoms with E-state index in [0.29, 0.717) is 5.56 Å². The summed E-state index contributed by atoms with van der Waals surface area (Å²) in [6, 6.07) is 1.76. The van der Waals surface area contributed by atoms with Crippen LogP contribution >= 0.6 is 0 Å². The van der Waals surface area contributed by atoms with E-state index in [1.54, 1.807) is 10.7 Å². The average Bonchev–Trinajstić information content (AvgIpc) is 2.61. The summed E-state index contributed by atoms with van der Waals surface area (Å²) in [5.41, 5.74) is 2.06. The minimum absolute atomic E-state index is 0.0761. The van der Waals surface area contributed by atoms with E-state index in [9.17, 15) is 4.79 Å². The van der Waals surface area contributed by atoms with Crippen LogP contribution < -0.4 is 5.32 Å². The summed E-state index contributed by atoms with van der Waals surface area (Å²) in [6.07, 6.45) is 1.51. The number of aliphatic hydroxyl groups excluding tert-OH is 1. The number of nitrogens with one attached hydrogen (secondary N) is 1. The Hall–Kier alpha value is -1.95. The number of carbonyl (C=O) groups excluding carboxylic acids is 1. The van der Waals surface area contributed by atoms with E-state index >= 15 is 0 Å². The van der Waals surface area contributed by atoms with E-state index in [2.05, 4.69) is 15.4 Å². The second kappa shape index (κ2) is 4.50. The molecule has 0 aromatic carbocycles. The van der Waals surface area contributed by atoms with Crippen molar-refractivity contribution in [2.75, 3.05) is 13.2 Å². The Morgan fingerprint density at radius 1 is 1.59 bits per heavy atom. The maximum Gasteiger partial charge on any atom is 0.252 e. The van der Waals surface area contributed by atoms with Crippen molar-refractivity contribution in [3.63, 3.8) is 0 Å². The third-order valence-corrected chi connectivity index (χ3v) is 2.52. The lowest BCUT2D eigenvalue weighted by molar-refractivity contribution is 0.0944. The summed E-state index contributed by atoms with van der Waals surface area (Å²) in [5, 5.41) is 16.3. The molecule has 2 aromatic heterocycles. The topological polar surface area (TPSA) is 80.0 Å². The summed E-state index contributed by atoms with van der Waals surface area (Å²) in [6.45, 7) is 2.04. The molecular formula is C11H14N4O2. The SMILES string of the molecule is Cc1nn(C)c2ncc(C(=O)NCCO)cc12. The first kappa shape index (κ1) is 11.5. The van der Waals surface area contributed by atoms with Gasteiger partial charge in [-0.15, -0.1) is 0 Å². The normalized spacial score (nSPS) is 10.8. The van der Waals surface area contributed by atoms with Crippen LogP contribution in [0.15, 0.2) is 12.3 Å². The zero-order chi connectivity index (χ0) is 12.4. The number of aryl methyl sites for hydroxylation is 2. The fourth-order valence-corrected chi connectivity index (χ4v) is 1.70. The van der Waals surface area contributed by atoms with Crippen LogP contribution in [-0.2, 0) is 7.05 Å². The van der Waals surface area contributed by atoms with Gasteiger partial charge in [-0.05, 0) is 13.0 Å². The zero-order valence-electron chi connectivity index (χ0n) is 9.77. The maximum atomic E-state index is 11.7. The lowest BCUT2D eigenvalue weighted by atomic mass is 10.2. The van der Waals surface area contributed by atoms with Crippen molar-refractivity contribution in [3.8, 4) is 0 Å². The highest BCUT2D eigenvalue weighted by molar-refractivity contribution is 5.97. The Morgan fingerprint density at radius 2 is 2.35 bits per heavy atom. The molecule has 0 bridgehead atoms.